The van der Waals surface area contributed by atoms with Crippen LogP contribution in [0.2, 0.25) is 0 Å². The minimum atomic E-state index is -1.07. The number of benzene rings is 2. The third-order valence-electron chi connectivity index (χ3n) is 9.74. The summed E-state index contributed by atoms with van der Waals surface area (Å²) in [5, 5.41) is 24.7. The minimum Gasteiger partial charge on any atom is -0.508 e. The fourth-order valence-electron chi connectivity index (χ4n) is 6.31. The summed E-state index contributed by atoms with van der Waals surface area (Å²) >= 11 is 1.76. The van der Waals surface area contributed by atoms with Gasteiger partial charge in [-0.25, -0.2) is 0 Å². The second kappa shape index (κ2) is 19.8. The van der Waals surface area contributed by atoms with E-state index in [4.69, 9.17) is 4.74 Å². The first kappa shape index (κ1) is 43.1. The van der Waals surface area contributed by atoms with Crippen molar-refractivity contribution in [2.24, 2.45) is 5.92 Å². The highest BCUT2D eigenvalue weighted by Gasteiger charge is 2.44. The number of aryl methyl sites for hydroxylation is 2. The van der Waals surface area contributed by atoms with Crippen molar-refractivity contribution >= 4 is 46.8 Å². The second-order valence-corrected chi connectivity index (χ2v) is 15.0. The van der Waals surface area contributed by atoms with Crippen molar-refractivity contribution in [1.29, 1.82) is 0 Å². The number of nitrogens with zero attached hydrogens (tertiary/aromatic N) is 4. The molecule has 0 aliphatic carbocycles. The van der Waals surface area contributed by atoms with Crippen LogP contribution >= 0.6 is 11.3 Å². The molecule has 0 bridgehead atoms. The molecule has 14 heteroatoms. The Hall–Kier alpha value is -5.63. The number of carbonyl (C=O) groups is 5. The summed E-state index contributed by atoms with van der Waals surface area (Å²) in [4.78, 5) is 61.7. The van der Waals surface area contributed by atoms with Crippen LogP contribution in [-0.4, -0.2) is 80.9 Å². The number of fused-ring (bicyclic) bond motifs is 1. The molecular formula is C42H52N6O7S. The molecule has 0 radical (unpaired) electrons. The largest absolute Gasteiger partial charge is 0.508 e. The van der Waals surface area contributed by atoms with E-state index >= 15 is 0 Å². The number of hydrogen-bond acceptors (Lipinski definition) is 10. The Morgan fingerprint density at radius 2 is 1.77 bits per heavy atom. The molecule has 4 amide bonds. The first-order chi connectivity index (χ1) is 26.7. The Morgan fingerprint density at radius 3 is 2.41 bits per heavy atom. The summed E-state index contributed by atoms with van der Waals surface area (Å²) in [6.07, 6.45) is 4.11. The maximum atomic E-state index is 13.0. The standard InChI is InChI=1S/C22H27N3OS.C20H25N3O6/c1-7-13(2)12-20-24-23-17(6)25(20)22-21(14(3)16(5)27-22)15(4)18-8-10-19(26)11-9-18;1-13(25)22-10-3-4-12-29-16-9-5-7-14-17(16)20(28)23(19(14)27)15(8-6-11-24)18(26)21-2/h8-11,13,26H,4,7,12H2,1-3,5-6H3;5,7,9,11,15H,3-4,6,8,10,12H2,1-2H3,(H,21,26)(H,22,25). The Bertz CT molecular complexity index is 2070. The molecule has 0 fully saturated rings. The molecule has 1 aliphatic heterocycles. The second-order valence-electron chi connectivity index (χ2n) is 13.8. The predicted molar refractivity (Wildman–Crippen MR) is 216 cm³/mol. The highest BCUT2D eigenvalue weighted by atomic mass is 32.1. The Balaban J connectivity index is 0.000000249. The van der Waals surface area contributed by atoms with Crippen molar-refractivity contribution in [3.05, 3.63) is 93.4 Å². The van der Waals surface area contributed by atoms with Gasteiger partial charge in [0, 0.05) is 43.8 Å². The smallest absolute Gasteiger partial charge is 0.266 e. The Labute approximate surface area is 332 Å². The molecule has 2 aromatic carbocycles. The van der Waals surface area contributed by atoms with Crippen LogP contribution in [0, 0.1) is 26.7 Å². The molecular weight excluding hydrogens is 733 g/mol. The molecule has 13 nitrogen and oxygen atoms in total. The van der Waals surface area contributed by atoms with Gasteiger partial charge in [0.2, 0.25) is 11.8 Å². The van der Waals surface area contributed by atoms with Gasteiger partial charge in [-0.1, -0.05) is 45.0 Å². The average Bonchev–Trinajstić information content (AvgIpc) is 3.78. The van der Waals surface area contributed by atoms with Crippen LogP contribution in [0.1, 0.15) is 107 Å². The number of amides is 4. The number of phenolic OH excluding ortho intramolecular Hbond substituents is 1. The van der Waals surface area contributed by atoms with E-state index in [-0.39, 0.29) is 41.4 Å². The average molecular weight is 785 g/mol. The third-order valence-corrected chi connectivity index (χ3v) is 10.9. The van der Waals surface area contributed by atoms with Crippen LogP contribution in [0.5, 0.6) is 11.5 Å². The molecule has 5 rings (SSSR count). The quantitative estimate of drug-likeness (QED) is 0.0633. The molecule has 4 aromatic rings. The van der Waals surface area contributed by atoms with Crippen LogP contribution in [0.25, 0.3) is 10.6 Å². The van der Waals surface area contributed by atoms with Crippen molar-refractivity contribution in [2.45, 2.75) is 86.1 Å². The zero-order valence-electron chi connectivity index (χ0n) is 33.2. The molecule has 298 valence electrons. The van der Waals surface area contributed by atoms with Gasteiger partial charge in [0.05, 0.1) is 17.7 Å². The number of imide groups is 1. The molecule has 0 saturated carbocycles. The predicted octanol–water partition coefficient (Wildman–Crippen LogP) is 6.28. The number of ether oxygens (including phenoxy) is 1. The van der Waals surface area contributed by atoms with Gasteiger partial charge in [-0.2, -0.15) is 0 Å². The molecule has 56 heavy (non-hydrogen) atoms. The summed E-state index contributed by atoms with van der Waals surface area (Å²) in [5.41, 5.74) is 4.62. The lowest BCUT2D eigenvalue weighted by atomic mass is 9.97. The highest BCUT2D eigenvalue weighted by Crippen LogP contribution is 2.39. The van der Waals surface area contributed by atoms with E-state index in [0.717, 1.165) is 51.1 Å². The number of carbonyl (C=O) groups excluding carboxylic acids is 5. The number of hydrogen-bond donors (Lipinski definition) is 3. The fourth-order valence-corrected chi connectivity index (χ4v) is 7.56. The van der Waals surface area contributed by atoms with E-state index < -0.39 is 23.8 Å². The van der Waals surface area contributed by atoms with Crippen LogP contribution in [0.3, 0.4) is 0 Å². The normalized spacial score (nSPS) is 13.0. The van der Waals surface area contributed by atoms with E-state index in [0.29, 0.717) is 38.2 Å². The maximum Gasteiger partial charge on any atom is 0.266 e. The topological polar surface area (TPSA) is 173 Å². The SMILES string of the molecule is C=C(c1ccc(O)cc1)c1c(-n2c(C)nnc2CC(C)CC)sc(C)c1C.CNC(=O)C(CCC=O)N1C(=O)c2cccc(OCCCCNC(C)=O)c2C1=O. The lowest BCUT2D eigenvalue weighted by molar-refractivity contribution is -0.125. The number of rotatable bonds is 17. The van der Waals surface area contributed by atoms with Crippen LogP contribution in [-0.2, 0) is 20.8 Å². The number of phenols is 1. The zero-order valence-corrected chi connectivity index (χ0v) is 34.0. The maximum absolute atomic E-state index is 13.0. The Morgan fingerprint density at radius 1 is 1.05 bits per heavy atom. The van der Waals surface area contributed by atoms with Crippen molar-refractivity contribution in [1.82, 2.24) is 30.3 Å². The number of aldehydes is 1. The van der Waals surface area contributed by atoms with Crippen LogP contribution in [0.4, 0.5) is 0 Å². The van der Waals surface area contributed by atoms with E-state index in [9.17, 15) is 29.1 Å². The first-order valence-electron chi connectivity index (χ1n) is 18.8. The van der Waals surface area contributed by atoms with Gasteiger partial charge < -0.3 is 25.3 Å². The number of aromatic nitrogens is 3. The number of nitrogens with one attached hydrogen (secondary N) is 2. The number of thiophene rings is 1. The zero-order chi connectivity index (χ0) is 41.1. The van der Waals surface area contributed by atoms with Crippen LogP contribution in [0.15, 0.2) is 49.0 Å². The third kappa shape index (κ3) is 9.96. The highest BCUT2D eigenvalue weighted by molar-refractivity contribution is 7.15. The van der Waals surface area contributed by atoms with Crippen molar-refractivity contribution in [3.8, 4) is 16.5 Å². The summed E-state index contributed by atoms with van der Waals surface area (Å²) < 4.78 is 7.89. The van der Waals surface area contributed by atoms with E-state index in [1.165, 1.54) is 30.5 Å². The van der Waals surface area contributed by atoms with E-state index in [2.05, 4.69) is 59.7 Å². The van der Waals surface area contributed by atoms with Gasteiger partial charge in [-0.05, 0) is 86.9 Å². The molecule has 2 atom stereocenters. The fraction of sp³-hybridized carbons (Fsp3) is 0.405. The minimum absolute atomic E-state index is 0.0448. The van der Waals surface area contributed by atoms with Crippen LogP contribution < -0.4 is 15.4 Å². The van der Waals surface area contributed by atoms with Gasteiger partial charge in [-0.15, -0.1) is 21.5 Å². The summed E-state index contributed by atoms with van der Waals surface area (Å²) in [6, 6.07) is 10.9. The lowest BCUT2D eigenvalue weighted by Gasteiger charge is -2.24. The monoisotopic (exact) mass is 784 g/mol. The van der Waals surface area contributed by atoms with Crippen molar-refractivity contribution < 1.29 is 33.8 Å². The number of unbranched alkanes of at least 4 members (excludes halogenated alkanes) is 1. The molecule has 1 aliphatic rings. The molecule has 2 aromatic heterocycles. The molecule has 0 spiro atoms. The number of likely N-dealkylation sites (N-methyl/N-ethyl adjacent to an activating group) is 1. The molecule has 3 heterocycles. The van der Waals surface area contributed by atoms with Gasteiger partial charge in [0.15, 0.2) is 0 Å². The number of aromatic hydroxyl groups is 1. The summed E-state index contributed by atoms with van der Waals surface area (Å²) in [7, 11) is 1.41. The Kier molecular flexibility index (Phi) is 15.2. The summed E-state index contributed by atoms with van der Waals surface area (Å²) in [6.45, 7) is 17.4. The first-order valence-corrected chi connectivity index (χ1v) is 19.6. The lowest BCUT2D eigenvalue weighted by Crippen LogP contribution is -2.48. The van der Waals surface area contributed by atoms with Gasteiger partial charge in [0.25, 0.3) is 11.8 Å². The van der Waals surface area contributed by atoms with Crippen molar-refractivity contribution in [2.75, 3.05) is 20.2 Å². The van der Waals surface area contributed by atoms with Gasteiger partial charge >= 0.3 is 0 Å². The molecule has 2 unspecified atom stereocenters. The molecule has 3 N–H and O–H groups in total. The van der Waals surface area contributed by atoms with Crippen molar-refractivity contribution in [3.63, 3.8) is 0 Å². The molecule has 0 saturated heterocycles. The summed E-state index contributed by atoms with van der Waals surface area (Å²) in [5.74, 6) is 1.18. The van der Waals surface area contributed by atoms with Gasteiger partial charge in [-0.3, -0.25) is 28.6 Å². The van der Waals surface area contributed by atoms with Gasteiger partial charge in [0.1, 0.15) is 40.5 Å². The van der Waals surface area contributed by atoms with E-state index in [1.807, 2.05) is 19.1 Å². The van der Waals surface area contributed by atoms with E-state index in [1.54, 1.807) is 35.6 Å².